The van der Waals surface area contributed by atoms with Crippen molar-refractivity contribution in [1.29, 1.82) is 0 Å². The van der Waals surface area contributed by atoms with Crippen LogP contribution >= 0.6 is 0 Å². The quantitative estimate of drug-likeness (QED) is 0.787. The fourth-order valence-electron chi connectivity index (χ4n) is 5.08. The third kappa shape index (κ3) is 3.11. The average molecular weight is 387 g/mol. The maximum absolute atomic E-state index is 12.8. The highest BCUT2D eigenvalue weighted by Crippen LogP contribution is 2.54. The van der Waals surface area contributed by atoms with Gasteiger partial charge in [-0.2, -0.15) is 0 Å². The van der Waals surface area contributed by atoms with E-state index >= 15 is 0 Å². The molecule has 1 N–H and O–H groups in total. The number of nitrogens with zero attached hydrogens (tertiary/aromatic N) is 3. The van der Waals surface area contributed by atoms with Crippen molar-refractivity contribution < 1.29 is 19.4 Å². The fraction of sp³-hybridized carbons (Fsp3) is 0.619. The number of ether oxygens (including phenoxy) is 1. The molecular formula is C21H29N3O4. The van der Waals surface area contributed by atoms with Crippen LogP contribution in [0.25, 0.3) is 0 Å². The molecule has 3 saturated heterocycles. The molecule has 3 fully saturated rings. The SMILES string of the molecule is CCC(=O)N1[C@H](CO)[C@@H](c2ccccc2)C12CN(C(=O)CN1CCOCC1)C2. The lowest BCUT2D eigenvalue weighted by molar-refractivity contribution is -0.203. The summed E-state index contributed by atoms with van der Waals surface area (Å²) in [7, 11) is 0. The first kappa shape index (κ1) is 19.4. The van der Waals surface area contributed by atoms with Crippen LogP contribution in [0.2, 0.25) is 0 Å². The van der Waals surface area contributed by atoms with Gasteiger partial charge in [0.1, 0.15) is 0 Å². The average Bonchev–Trinajstić information content (AvgIpc) is 2.67. The maximum atomic E-state index is 12.8. The number of aliphatic hydroxyl groups is 1. The molecule has 0 aliphatic carbocycles. The summed E-state index contributed by atoms with van der Waals surface area (Å²) in [6.45, 7) is 6.18. The maximum Gasteiger partial charge on any atom is 0.236 e. The van der Waals surface area contributed by atoms with Crippen LogP contribution in [0.1, 0.15) is 24.8 Å². The van der Waals surface area contributed by atoms with E-state index in [1.807, 2.05) is 34.9 Å². The molecule has 7 heteroatoms. The van der Waals surface area contributed by atoms with Gasteiger partial charge >= 0.3 is 0 Å². The van der Waals surface area contributed by atoms with Crippen molar-refractivity contribution in [2.45, 2.75) is 30.8 Å². The number of likely N-dealkylation sites (tertiary alicyclic amines) is 2. The molecule has 1 aromatic carbocycles. The Morgan fingerprint density at radius 1 is 1.14 bits per heavy atom. The Bertz CT molecular complexity index is 714. The fourth-order valence-corrected chi connectivity index (χ4v) is 5.08. The predicted molar refractivity (Wildman–Crippen MR) is 104 cm³/mol. The Labute approximate surface area is 165 Å². The number of morpholine rings is 1. The molecular weight excluding hydrogens is 358 g/mol. The van der Waals surface area contributed by atoms with Gasteiger partial charge < -0.3 is 19.6 Å². The monoisotopic (exact) mass is 387 g/mol. The zero-order valence-corrected chi connectivity index (χ0v) is 16.4. The summed E-state index contributed by atoms with van der Waals surface area (Å²) < 4.78 is 5.35. The number of benzene rings is 1. The number of amides is 2. The highest BCUT2D eigenvalue weighted by molar-refractivity contribution is 5.83. The van der Waals surface area contributed by atoms with Crippen LogP contribution in [0.3, 0.4) is 0 Å². The first-order valence-corrected chi connectivity index (χ1v) is 10.2. The summed E-state index contributed by atoms with van der Waals surface area (Å²) in [5, 5.41) is 9.98. The largest absolute Gasteiger partial charge is 0.394 e. The lowest BCUT2D eigenvalue weighted by Crippen LogP contribution is -2.86. The number of hydrogen-bond acceptors (Lipinski definition) is 5. The van der Waals surface area contributed by atoms with Gasteiger partial charge in [0.2, 0.25) is 11.8 Å². The van der Waals surface area contributed by atoms with Gasteiger partial charge in [0.15, 0.2) is 0 Å². The molecule has 152 valence electrons. The zero-order valence-electron chi connectivity index (χ0n) is 16.4. The topological polar surface area (TPSA) is 73.3 Å². The Morgan fingerprint density at radius 3 is 2.43 bits per heavy atom. The van der Waals surface area contributed by atoms with Gasteiger partial charge in [-0.05, 0) is 5.56 Å². The van der Waals surface area contributed by atoms with Gasteiger partial charge in [-0.15, -0.1) is 0 Å². The highest BCUT2D eigenvalue weighted by atomic mass is 16.5. The first-order valence-electron chi connectivity index (χ1n) is 10.2. The molecule has 0 bridgehead atoms. The van der Waals surface area contributed by atoms with E-state index < -0.39 is 0 Å². The van der Waals surface area contributed by atoms with Gasteiger partial charge in [0, 0.05) is 38.5 Å². The number of aliphatic hydroxyl groups excluding tert-OH is 1. The molecule has 1 spiro atoms. The molecule has 2 amide bonds. The lowest BCUT2D eigenvalue weighted by Gasteiger charge is -2.70. The first-order chi connectivity index (χ1) is 13.6. The summed E-state index contributed by atoms with van der Waals surface area (Å²) in [5.41, 5.74) is 0.740. The van der Waals surface area contributed by atoms with E-state index in [0.717, 1.165) is 18.7 Å². The Balaban J connectivity index is 1.50. The van der Waals surface area contributed by atoms with Gasteiger partial charge in [0.25, 0.3) is 0 Å². The Hall–Kier alpha value is -1.96. The second-order valence-corrected chi connectivity index (χ2v) is 8.00. The van der Waals surface area contributed by atoms with E-state index in [1.54, 1.807) is 0 Å². The summed E-state index contributed by atoms with van der Waals surface area (Å²) >= 11 is 0. The lowest BCUT2D eigenvalue weighted by atomic mass is 9.60. The minimum absolute atomic E-state index is 0.0477. The molecule has 0 saturated carbocycles. The minimum atomic E-state index is -0.386. The summed E-state index contributed by atoms with van der Waals surface area (Å²) in [4.78, 5) is 31.2. The van der Waals surface area contributed by atoms with Crippen LogP contribution in [-0.4, -0.2) is 95.7 Å². The van der Waals surface area contributed by atoms with Crippen molar-refractivity contribution in [1.82, 2.24) is 14.7 Å². The van der Waals surface area contributed by atoms with Crippen LogP contribution in [-0.2, 0) is 14.3 Å². The van der Waals surface area contributed by atoms with Crippen LogP contribution < -0.4 is 0 Å². The molecule has 2 atom stereocenters. The van der Waals surface area contributed by atoms with Crippen LogP contribution in [0.4, 0.5) is 0 Å². The third-order valence-corrected chi connectivity index (χ3v) is 6.44. The molecule has 28 heavy (non-hydrogen) atoms. The van der Waals surface area contributed by atoms with E-state index in [-0.39, 0.29) is 35.9 Å². The van der Waals surface area contributed by atoms with Gasteiger partial charge in [-0.25, -0.2) is 0 Å². The molecule has 1 aromatic rings. The second kappa shape index (κ2) is 7.81. The van der Waals surface area contributed by atoms with Crippen LogP contribution in [0, 0.1) is 0 Å². The number of carbonyl (C=O) groups excluding carboxylic acids is 2. The van der Waals surface area contributed by atoms with E-state index in [1.165, 1.54) is 0 Å². The van der Waals surface area contributed by atoms with Crippen molar-refractivity contribution in [3.05, 3.63) is 35.9 Å². The van der Waals surface area contributed by atoms with Crippen LogP contribution in [0.15, 0.2) is 30.3 Å². The smallest absolute Gasteiger partial charge is 0.236 e. The molecule has 4 rings (SSSR count). The van der Waals surface area contributed by atoms with Gasteiger partial charge in [-0.1, -0.05) is 37.3 Å². The summed E-state index contributed by atoms with van der Waals surface area (Å²) in [5.74, 6) is 0.212. The van der Waals surface area contributed by atoms with Gasteiger partial charge in [0.05, 0.1) is 37.9 Å². The van der Waals surface area contributed by atoms with Crippen molar-refractivity contribution in [2.75, 3.05) is 52.5 Å². The molecule has 0 aromatic heterocycles. The second-order valence-electron chi connectivity index (χ2n) is 8.00. The van der Waals surface area contributed by atoms with E-state index in [4.69, 9.17) is 4.74 Å². The normalized spacial score (nSPS) is 26.6. The Morgan fingerprint density at radius 2 is 1.82 bits per heavy atom. The van der Waals surface area contributed by atoms with E-state index in [9.17, 15) is 14.7 Å². The summed E-state index contributed by atoms with van der Waals surface area (Å²) in [6.07, 6.45) is 0.404. The van der Waals surface area contributed by atoms with Gasteiger partial charge in [-0.3, -0.25) is 14.5 Å². The Kier molecular flexibility index (Phi) is 5.40. The highest BCUT2D eigenvalue weighted by Gasteiger charge is 2.67. The van der Waals surface area contributed by atoms with Crippen molar-refractivity contribution in [2.24, 2.45) is 0 Å². The third-order valence-electron chi connectivity index (χ3n) is 6.44. The zero-order chi connectivity index (χ0) is 19.7. The minimum Gasteiger partial charge on any atom is -0.394 e. The standard InChI is InChI=1S/C21H29N3O4/c1-2-18(26)24-17(13-25)20(16-6-4-3-5-7-16)21(24)14-23(15-21)19(27)12-22-8-10-28-11-9-22/h3-7,17,20,25H,2,8-15H2,1H3/t17-,20-/m1/s1. The molecule has 0 unspecified atom stereocenters. The predicted octanol–water partition coefficient (Wildman–Crippen LogP) is 0.297. The number of carbonyl (C=O) groups is 2. The van der Waals surface area contributed by atoms with E-state index in [2.05, 4.69) is 17.0 Å². The van der Waals surface area contributed by atoms with Crippen molar-refractivity contribution in [3.8, 4) is 0 Å². The van der Waals surface area contributed by atoms with E-state index in [0.29, 0.717) is 39.3 Å². The molecule has 3 heterocycles. The summed E-state index contributed by atoms with van der Waals surface area (Å²) in [6, 6.07) is 9.84. The van der Waals surface area contributed by atoms with Crippen LogP contribution in [0.5, 0.6) is 0 Å². The molecule has 7 nitrogen and oxygen atoms in total. The van der Waals surface area contributed by atoms with Crippen molar-refractivity contribution in [3.63, 3.8) is 0 Å². The van der Waals surface area contributed by atoms with Crippen molar-refractivity contribution >= 4 is 11.8 Å². The number of hydrogen-bond donors (Lipinski definition) is 1. The number of rotatable bonds is 5. The molecule has 3 aliphatic heterocycles. The molecule has 0 radical (unpaired) electrons. The molecule has 3 aliphatic rings.